The van der Waals surface area contributed by atoms with Gasteiger partial charge in [-0.25, -0.2) is 13.8 Å². The van der Waals surface area contributed by atoms with E-state index in [1.54, 1.807) is 24.3 Å². The van der Waals surface area contributed by atoms with Crippen molar-refractivity contribution < 1.29 is 18.5 Å². The number of benzene rings is 2. The van der Waals surface area contributed by atoms with Gasteiger partial charge in [-0.2, -0.15) is 0 Å². The summed E-state index contributed by atoms with van der Waals surface area (Å²) in [4.78, 5) is 28.6. The Morgan fingerprint density at radius 3 is 2.27 bits per heavy atom. The number of nitrogens with zero attached hydrogens (tertiary/aromatic N) is 2. The number of anilines is 1. The van der Waals surface area contributed by atoms with Crippen LogP contribution in [0.4, 0.5) is 13.9 Å². The molecular weight excluding hydrogens is 540 g/mol. The Balaban J connectivity index is 0.00000385. The van der Waals surface area contributed by atoms with Gasteiger partial charge in [-0.15, -0.1) is 28.3 Å². The molecule has 0 aliphatic rings. The molecule has 0 aliphatic carbocycles. The second-order valence-corrected chi connectivity index (χ2v) is 9.62. The molecule has 0 radical (unpaired) electrons. The average molecular weight is 561 g/mol. The van der Waals surface area contributed by atoms with Crippen LogP contribution in [0.3, 0.4) is 0 Å². The average Bonchev–Trinajstić information content (AvgIpc) is 3.10. The van der Waals surface area contributed by atoms with Crippen LogP contribution < -0.4 is 5.32 Å². The summed E-state index contributed by atoms with van der Waals surface area (Å²) in [7, 11) is 0. The summed E-state index contributed by atoms with van der Waals surface area (Å²) in [6.45, 7) is 5.26. The van der Waals surface area contributed by atoms with E-state index in [0.717, 1.165) is 29.5 Å². The molecule has 1 unspecified atom stereocenters. The molecule has 6 nitrogen and oxygen atoms in total. The number of carbonyl (C=O) groups is 1. The number of aromatic nitrogens is 1. The van der Waals surface area contributed by atoms with Crippen LogP contribution in [0.2, 0.25) is 5.02 Å². The first-order chi connectivity index (χ1) is 15.0. The molecule has 1 aromatic heterocycles. The number of hydrogen-bond donors (Lipinski definition) is 1. The first-order valence-corrected chi connectivity index (χ1v) is 10.8. The van der Waals surface area contributed by atoms with Crippen molar-refractivity contribution in [2.75, 3.05) is 11.9 Å². The predicted molar refractivity (Wildman–Crippen MR) is 131 cm³/mol. The van der Waals surface area contributed by atoms with Crippen LogP contribution in [0.5, 0.6) is 0 Å². The van der Waals surface area contributed by atoms with Gasteiger partial charge in [0, 0.05) is 20.2 Å². The molecule has 11 heteroatoms. The normalized spacial score (nSPS) is 12.1. The highest BCUT2D eigenvalue weighted by Crippen LogP contribution is 2.40. The lowest BCUT2D eigenvalue weighted by atomic mass is 9.86. The van der Waals surface area contributed by atoms with Crippen molar-refractivity contribution in [3.8, 4) is 0 Å². The monoisotopic (exact) mass is 559 g/mol. The van der Waals surface area contributed by atoms with E-state index in [4.69, 9.17) is 11.6 Å². The summed E-state index contributed by atoms with van der Waals surface area (Å²) in [6, 6.07) is 9.83. The molecule has 0 saturated heterocycles. The largest absolute Gasteiger partial charge is 0.298 e. The second-order valence-electron chi connectivity index (χ2n) is 8.15. The molecule has 3 rings (SSSR count). The van der Waals surface area contributed by atoms with Crippen molar-refractivity contribution in [2.24, 2.45) is 0 Å². The fourth-order valence-corrected chi connectivity index (χ4v) is 4.63. The molecule has 2 aromatic carbocycles. The number of nitro groups is 1. The SMILES string of the molecule is Br.CC(C)(C)c1nc(NC(=O)c2c(F)cccc2F)sc1C(C[N+](=O)[O-])c1ccc(Cl)cc1. The molecule has 33 heavy (non-hydrogen) atoms. The summed E-state index contributed by atoms with van der Waals surface area (Å²) < 4.78 is 28.0. The minimum absolute atomic E-state index is 0. The van der Waals surface area contributed by atoms with Crippen LogP contribution in [-0.2, 0) is 5.41 Å². The lowest BCUT2D eigenvalue weighted by Crippen LogP contribution is -2.20. The number of carbonyl (C=O) groups excluding carboxylic acids is 1. The third-order valence-electron chi connectivity index (χ3n) is 4.69. The van der Waals surface area contributed by atoms with Crippen molar-refractivity contribution in [1.82, 2.24) is 4.98 Å². The van der Waals surface area contributed by atoms with E-state index in [1.807, 2.05) is 20.8 Å². The van der Waals surface area contributed by atoms with Crippen LogP contribution in [0.15, 0.2) is 42.5 Å². The third-order valence-corrected chi connectivity index (χ3v) is 6.03. The number of hydrogen-bond acceptors (Lipinski definition) is 5. The van der Waals surface area contributed by atoms with Gasteiger partial charge in [0.2, 0.25) is 6.54 Å². The van der Waals surface area contributed by atoms with Gasteiger partial charge in [0.1, 0.15) is 17.2 Å². The van der Waals surface area contributed by atoms with Crippen LogP contribution in [0, 0.1) is 21.7 Å². The van der Waals surface area contributed by atoms with Gasteiger partial charge in [0.25, 0.3) is 5.91 Å². The van der Waals surface area contributed by atoms with Crippen LogP contribution >= 0.6 is 39.9 Å². The van der Waals surface area contributed by atoms with Gasteiger partial charge in [0.15, 0.2) is 5.13 Å². The van der Waals surface area contributed by atoms with E-state index in [-0.39, 0.29) is 22.1 Å². The highest BCUT2D eigenvalue weighted by molar-refractivity contribution is 8.93. The highest BCUT2D eigenvalue weighted by atomic mass is 79.9. The van der Waals surface area contributed by atoms with E-state index in [1.165, 1.54) is 0 Å². The molecule has 0 saturated carbocycles. The smallest absolute Gasteiger partial charge is 0.263 e. The van der Waals surface area contributed by atoms with E-state index in [0.29, 0.717) is 21.2 Å². The third kappa shape index (κ3) is 6.33. The zero-order valence-corrected chi connectivity index (χ0v) is 21.2. The Morgan fingerprint density at radius 1 is 1.18 bits per heavy atom. The number of thiazole rings is 1. The molecular formula is C22H21BrClF2N3O3S. The maximum absolute atomic E-state index is 14.0. The number of rotatable bonds is 6. The Labute approximate surface area is 208 Å². The number of amides is 1. The molecule has 0 bridgehead atoms. The summed E-state index contributed by atoms with van der Waals surface area (Å²) in [5.74, 6) is -3.63. The molecule has 176 valence electrons. The van der Waals surface area contributed by atoms with Crippen LogP contribution in [0.25, 0.3) is 0 Å². The predicted octanol–water partition coefficient (Wildman–Crippen LogP) is 6.61. The lowest BCUT2D eigenvalue weighted by molar-refractivity contribution is -0.481. The van der Waals surface area contributed by atoms with Crippen molar-refractivity contribution in [3.05, 3.63) is 90.9 Å². The molecule has 0 fully saturated rings. The Bertz CT molecular complexity index is 1150. The van der Waals surface area contributed by atoms with Crippen molar-refractivity contribution >= 4 is 51.0 Å². The number of halogens is 4. The lowest BCUT2D eigenvalue weighted by Gasteiger charge is -2.21. The highest BCUT2D eigenvalue weighted by Gasteiger charge is 2.32. The molecule has 1 amide bonds. The maximum Gasteiger partial charge on any atom is 0.263 e. The van der Waals surface area contributed by atoms with Gasteiger partial charge < -0.3 is 0 Å². The Morgan fingerprint density at radius 2 is 1.76 bits per heavy atom. The maximum atomic E-state index is 14.0. The second kappa shape index (κ2) is 10.7. The minimum Gasteiger partial charge on any atom is -0.298 e. The standard InChI is InChI=1S/C22H20ClF2N3O3S.BrH/c1-22(2,3)19-18(14(11-28(30)31)12-7-9-13(23)10-8-12)32-21(26-19)27-20(29)17-15(24)5-4-6-16(17)25;/h4-10,14H,11H2,1-3H3,(H,26,27,29);1H. The van der Waals surface area contributed by atoms with Crippen molar-refractivity contribution in [2.45, 2.75) is 32.1 Å². The topological polar surface area (TPSA) is 85.1 Å². The van der Waals surface area contributed by atoms with Crippen molar-refractivity contribution in [1.29, 1.82) is 0 Å². The van der Waals surface area contributed by atoms with Gasteiger partial charge in [-0.3, -0.25) is 20.2 Å². The summed E-state index contributed by atoms with van der Waals surface area (Å²) in [5.41, 5.74) is -0.0211. The minimum atomic E-state index is -0.997. The molecule has 1 atom stereocenters. The zero-order chi connectivity index (χ0) is 23.6. The van der Waals surface area contributed by atoms with Crippen LogP contribution in [0.1, 0.15) is 53.2 Å². The zero-order valence-electron chi connectivity index (χ0n) is 17.9. The van der Waals surface area contributed by atoms with Crippen molar-refractivity contribution in [3.63, 3.8) is 0 Å². The van der Waals surface area contributed by atoms with Gasteiger partial charge >= 0.3 is 0 Å². The fraction of sp³-hybridized carbons (Fsp3) is 0.273. The van der Waals surface area contributed by atoms with E-state index >= 15 is 0 Å². The van der Waals surface area contributed by atoms with E-state index in [9.17, 15) is 23.7 Å². The van der Waals surface area contributed by atoms with Crippen LogP contribution in [-0.4, -0.2) is 22.4 Å². The van der Waals surface area contributed by atoms with Gasteiger partial charge in [-0.1, -0.05) is 50.6 Å². The summed E-state index contributed by atoms with van der Waals surface area (Å²) >= 11 is 7.01. The summed E-state index contributed by atoms with van der Waals surface area (Å²) in [5, 5.41) is 14.5. The quantitative estimate of drug-likeness (QED) is 0.271. The Kier molecular flexibility index (Phi) is 8.67. The first kappa shape index (κ1) is 26.8. The van der Waals surface area contributed by atoms with Gasteiger partial charge in [0.05, 0.1) is 11.6 Å². The van der Waals surface area contributed by atoms with Gasteiger partial charge in [-0.05, 0) is 29.8 Å². The molecule has 3 aromatic rings. The molecule has 0 aliphatic heterocycles. The Hall–Kier alpha value is -2.43. The number of nitrogens with one attached hydrogen (secondary N) is 1. The van der Waals surface area contributed by atoms with E-state index < -0.39 is 45.9 Å². The summed E-state index contributed by atoms with van der Waals surface area (Å²) in [6.07, 6.45) is 0. The first-order valence-electron chi connectivity index (χ1n) is 9.61. The molecule has 1 N–H and O–H groups in total. The van der Waals surface area contributed by atoms with E-state index in [2.05, 4.69) is 10.3 Å². The molecule has 0 spiro atoms. The molecule has 1 heterocycles. The fourth-order valence-electron chi connectivity index (χ4n) is 3.22.